The Balaban J connectivity index is 1.49. The van der Waals surface area contributed by atoms with Crippen molar-refractivity contribution in [3.63, 3.8) is 0 Å². The van der Waals surface area contributed by atoms with Gasteiger partial charge in [0.1, 0.15) is 5.76 Å². The van der Waals surface area contributed by atoms with E-state index in [1.807, 2.05) is 17.0 Å². The predicted octanol–water partition coefficient (Wildman–Crippen LogP) is 0.922. The first-order chi connectivity index (χ1) is 9.74. The molecule has 20 heavy (non-hydrogen) atoms. The molecule has 0 spiro atoms. The highest BCUT2D eigenvalue weighted by molar-refractivity contribution is 5.80. The number of amides is 1. The third kappa shape index (κ3) is 2.88. The Morgan fingerprint density at radius 1 is 1.40 bits per heavy atom. The molecular weight excluding hydrogens is 254 g/mol. The maximum absolute atomic E-state index is 12.5. The predicted molar refractivity (Wildman–Crippen MR) is 76.1 cm³/mol. The molecule has 2 atom stereocenters. The summed E-state index contributed by atoms with van der Waals surface area (Å²) in [7, 11) is 0. The first-order valence-corrected chi connectivity index (χ1v) is 7.51. The molecule has 2 unspecified atom stereocenters. The van der Waals surface area contributed by atoms with E-state index in [1.54, 1.807) is 6.26 Å². The fourth-order valence-corrected chi connectivity index (χ4v) is 3.18. The van der Waals surface area contributed by atoms with Crippen molar-refractivity contribution < 1.29 is 9.21 Å². The van der Waals surface area contributed by atoms with Crippen LogP contribution in [-0.4, -0.2) is 54.5 Å². The van der Waals surface area contributed by atoms with Crippen molar-refractivity contribution >= 4 is 5.91 Å². The average molecular weight is 277 g/mol. The lowest BCUT2D eigenvalue weighted by Crippen LogP contribution is -2.51. The standard InChI is InChI=1S/C15H23N3O2/c1-12-14(4-5-16-12)15(19)18-8-6-17(7-9-18)11-13-3-2-10-20-13/h2-3,10,12,14,16H,4-9,11H2,1H3. The van der Waals surface area contributed by atoms with Gasteiger partial charge in [-0.15, -0.1) is 0 Å². The Hall–Kier alpha value is -1.33. The van der Waals surface area contributed by atoms with E-state index in [1.165, 1.54) is 0 Å². The molecule has 0 saturated carbocycles. The molecule has 0 radical (unpaired) electrons. The number of nitrogens with one attached hydrogen (secondary N) is 1. The number of furan rings is 1. The fourth-order valence-electron chi connectivity index (χ4n) is 3.18. The van der Waals surface area contributed by atoms with Gasteiger partial charge in [-0.2, -0.15) is 0 Å². The lowest BCUT2D eigenvalue weighted by molar-refractivity contribution is -0.137. The SMILES string of the molecule is CC1NCCC1C(=O)N1CCN(Cc2ccco2)CC1. The summed E-state index contributed by atoms with van der Waals surface area (Å²) >= 11 is 0. The molecular formula is C15H23N3O2. The van der Waals surface area contributed by atoms with Gasteiger partial charge in [0.25, 0.3) is 0 Å². The maximum Gasteiger partial charge on any atom is 0.227 e. The first kappa shape index (κ1) is 13.6. The van der Waals surface area contributed by atoms with Crippen LogP contribution in [0.15, 0.2) is 22.8 Å². The highest BCUT2D eigenvalue weighted by Crippen LogP contribution is 2.19. The first-order valence-electron chi connectivity index (χ1n) is 7.51. The number of hydrogen-bond acceptors (Lipinski definition) is 4. The van der Waals surface area contributed by atoms with Crippen LogP contribution in [0.3, 0.4) is 0 Å². The number of carbonyl (C=O) groups excluding carboxylic acids is 1. The summed E-state index contributed by atoms with van der Waals surface area (Å²) in [4.78, 5) is 16.9. The van der Waals surface area contributed by atoms with E-state index in [0.717, 1.165) is 51.4 Å². The van der Waals surface area contributed by atoms with E-state index < -0.39 is 0 Å². The summed E-state index contributed by atoms with van der Waals surface area (Å²) in [5.74, 6) is 1.50. The van der Waals surface area contributed by atoms with Crippen LogP contribution in [0.1, 0.15) is 19.1 Å². The third-order valence-corrected chi connectivity index (χ3v) is 4.49. The van der Waals surface area contributed by atoms with E-state index in [-0.39, 0.29) is 5.92 Å². The Morgan fingerprint density at radius 3 is 2.80 bits per heavy atom. The Kier molecular flexibility index (Phi) is 4.08. The van der Waals surface area contributed by atoms with E-state index in [9.17, 15) is 4.79 Å². The van der Waals surface area contributed by atoms with Crippen LogP contribution in [0.25, 0.3) is 0 Å². The average Bonchev–Trinajstić information content (AvgIpc) is 3.10. The number of carbonyl (C=O) groups is 1. The maximum atomic E-state index is 12.5. The van der Waals surface area contributed by atoms with Crippen LogP contribution in [0.2, 0.25) is 0 Å². The summed E-state index contributed by atoms with van der Waals surface area (Å²) in [6, 6.07) is 4.25. The Labute approximate surface area is 119 Å². The van der Waals surface area contributed by atoms with Crippen LogP contribution < -0.4 is 5.32 Å². The minimum Gasteiger partial charge on any atom is -0.468 e. The summed E-state index contributed by atoms with van der Waals surface area (Å²) in [6.45, 7) is 7.46. The van der Waals surface area contributed by atoms with Gasteiger partial charge in [0.05, 0.1) is 18.7 Å². The monoisotopic (exact) mass is 277 g/mol. The molecule has 2 aliphatic heterocycles. The molecule has 5 nitrogen and oxygen atoms in total. The zero-order chi connectivity index (χ0) is 13.9. The second-order valence-electron chi connectivity index (χ2n) is 5.82. The summed E-state index contributed by atoms with van der Waals surface area (Å²) in [5.41, 5.74) is 0. The molecule has 5 heteroatoms. The van der Waals surface area contributed by atoms with Crippen LogP contribution >= 0.6 is 0 Å². The van der Waals surface area contributed by atoms with Crippen molar-refractivity contribution in [3.05, 3.63) is 24.2 Å². The molecule has 110 valence electrons. The number of rotatable bonds is 3. The molecule has 0 aromatic carbocycles. The smallest absolute Gasteiger partial charge is 0.227 e. The molecule has 1 amide bonds. The lowest BCUT2D eigenvalue weighted by atomic mass is 10.00. The number of nitrogens with zero attached hydrogens (tertiary/aromatic N) is 2. The van der Waals surface area contributed by atoms with Gasteiger partial charge in [-0.3, -0.25) is 9.69 Å². The van der Waals surface area contributed by atoms with E-state index in [0.29, 0.717) is 11.9 Å². The molecule has 3 heterocycles. The molecule has 2 fully saturated rings. The van der Waals surface area contributed by atoms with Gasteiger partial charge in [0.2, 0.25) is 5.91 Å². The van der Waals surface area contributed by atoms with E-state index >= 15 is 0 Å². The highest BCUT2D eigenvalue weighted by atomic mass is 16.3. The van der Waals surface area contributed by atoms with Crippen molar-refractivity contribution in [2.75, 3.05) is 32.7 Å². The molecule has 2 saturated heterocycles. The van der Waals surface area contributed by atoms with Crippen molar-refractivity contribution in [2.45, 2.75) is 25.9 Å². The van der Waals surface area contributed by atoms with Gasteiger partial charge in [-0.1, -0.05) is 0 Å². The molecule has 1 N–H and O–H groups in total. The second-order valence-corrected chi connectivity index (χ2v) is 5.82. The normalized spacial score (nSPS) is 27.9. The zero-order valence-electron chi connectivity index (χ0n) is 12.0. The topological polar surface area (TPSA) is 48.7 Å². The number of hydrogen-bond donors (Lipinski definition) is 1. The van der Waals surface area contributed by atoms with Gasteiger partial charge in [0, 0.05) is 32.2 Å². The Morgan fingerprint density at radius 2 is 2.20 bits per heavy atom. The van der Waals surface area contributed by atoms with Crippen LogP contribution in [-0.2, 0) is 11.3 Å². The summed E-state index contributed by atoms with van der Waals surface area (Å²) in [6.07, 6.45) is 2.69. The second kappa shape index (κ2) is 5.97. The minimum atomic E-state index is 0.173. The Bertz CT molecular complexity index is 438. The molecule has 1 aromatic rings. The largest absolute Gasteiger partial charge is 0.468 e. The third-order valence-electron chi connectivity index (χ3n) is 4.49. The fraction of sp³-hybridized carbons (Fsp3) is 0.667. The quantitative estimate of drug-likeness (QED) is 0.892. The van der Waals surface area contributed by atoms with Crippen molar-refractivity contribution in [1.29, 1.82) is 0 Å². The molecule has 1 aromatic heterocycles. The van der Waals surface area contributed by atoms with Crippen molar-refractivity contribution in [1.82, 2.24) is 15.1 Å². The highest BCUT2D eigenvalue weighted by Gasteiger charge is 2.33. The van der Waals surface area contributed by atoms with Gasteiger partial charge in [0.15, 0.2) is 0 Å². The zero-order valence-corrected chi connectivity index (χ0v) is 12.0. The van der Waals surface area contributed by atoms with Gasteiger partial charge < -0.3 is 14.6 Å². The summed E-state index contributed by atoms with van der Waals surface area (Å²) in [5, 5.41) is 3.36. The van der Waals surface area contributed by atoms with Crippen molar-refractivity contribution in [2.24, 2.45) is 5.92 Å². The van der Waals surface area contributed by atoms with Crippen LogP contribution in [0.5, 0.6) is 0 Å². The minimum absolute atomic E-state index is 0.173. The molecule has 0 aliphatic carbocycles. The van der Waals surface area contributed by atoms with Crippen LogP contribution in [0.4, 0.5) is 0 Å². The molecule has 2 aliphatic rings. The van der Waals surface area contributed by atoms with Crippen LogP contribution in [0, 0.1) is 5.92 Å². The van der Waals surface area contributed by atoms with Gasteiger partial charge in [-0.25, -0.2) is 0 Å². The van der Waals surface area contributed by atoms with E-state index in [2.05, 4.69) is 17.1 Å². The van der Waals surface area contributed by atoms with E-state index in [4.69, 9.17) is 4.42 Å². The van der Waals surface area contributed by atoms with Crippen molar-refractivity contribution in [3.8, 4) is 0 Å². The molecule has 3 rings (SSSR count). The number of piperazine rings is 1. The van der Waals surface area contributed by atoms with Gasteiger partial charge in [-0.05, 0) is 32.0 Å². The summed E-state index contributed by atoms with van der Waals surface area (Å²) < 4.78 is 5.38. The van der Waals surface area contributed by atoms with Gasteiger partial charge >= 0.3 is 0 Å². The molecule has 0 bridgehead atoms. The lowest BCUT2D eigenvalue weighted by Gasteiger charge is -2.36.